The number of hydrogen-bond donors (Lipinski definition) is 1. The summed E-state index contributed by atoms with van der Waals surface area (Å²) in [7, 11) is 0. The molecule has 1 aliphatic heterocycles. The Balaban J connectivity index is 2.20. The Labute approximate surface area is 113 Å². The first-order chi connectivity index (χ1) is 9.07. The van der Waals surface area contributed by atoms with Crippen molar-refractivity contribution in [2.75, 3.05) is 18.0 Å². The first-order valence-corrected chi connectivity index (χ1v) is 6.84. The molecule has 0 bridgehead atoms. The normalized spacial score (nSPS) is 23.4. The monoisotopic (exact) mass is 263 g/mol. The zero-order valence-electron chi connectivity index (χ0n) is 11.6. The number of rotatable bonds is 4. The van der Waals surface area contributed by atoms with Crippen molar-refractivity contribution in [1.82, 2.24) is 9.97 Å². The maximum atomic E-state index is 11.6. The summed E-state index contributed by atoms with van der Waals surface area (Å²) in [5, 5.41) is 9.56. The Hall–Kier alpha value is -1.65. The summed E-state index contributed by atoms with van der Waals surface area (Å²) < 4.78 is 0. The Kier molecular flexibility index (Phi) is 4.02. The summed E-state index contributed by atoms with van der Waals surface area (Å²) in [5.41, 5.74) is 0.375. The van der Waals surface area contributed by atoms with Gasteiger partial charge in [0, 0.05) is 25.5 Å². The highest BCUT2D eigenvalue weighted by atomic mass is 16.4. The van der Waals surface area contributed by atoms with Gasteiger partial charge in [0.05, 0.1) is 5.41 Å². The van der Waals surface area contributed by atoms with Crippen molar-refractivity contribution in [2.45, 2.75) is 39.5 Å². The topological polar surface area (TPSA) is 66.3 Å². The minimum atomic E-state index is -0.689. The van der Waals surface area contributed by atoms with E-state index in [4.69, 9.17) is 0 Å². The molecule has 1 aliphatic rings. The average Bonchev–Trinajstić information content (AvgIpc) is 2.40. The lowest BCUT2D eigenvalue weighted by Crippen LogP contribution is -2.48. The van der Waals surface area contributed by atoms with Crippen LogP contribution in [-0.4, -0.2) is 34.1 Å². The first-order valence-electron chi connectivity index (χ1n) is 6.84. The van der Waals surface area contributed by atoms with Gasteiger partial charge in [0.1, 0.15) is 0 Å². The van der Waals surface area contributed by atoms with Crippen molar-refractivity contribution in [3.63, 3.8) is 0 Å². The molecule has 2 rings (SSSR count). The Bertz CT molecular complexity index is 443. The van der Waals surface area contributed by atoms with Crippen LogP contribution in [0, 0.1) is 12.3 Å². The molecule has 104 valence electrons. The van der Waals surface area contributed by atoms with Crippen LogP contribution in [0.15, 0.2) is 12.4 Å². The van der Waals surface area contributed by atoms with Gasteiger partial charge in [-0.1, -0.05) is 13.3 Å². The van der Waals surface area contributed by atoms with Gasteiger partial charge in [-0.2, -0.15) is 0 Å². The quantitative estimate of drug-likeness (QED) is 0.902. The summed E-state index contributed by atoms with van der Waals surface area (Å²) in [4.78, 5) is 22.3. The number of carboxylic acid groups (broad SMARTS) is 1. The van der Waals surface area contributed by atoms with Crippen LogP contribution in [0.3, 0.4) is 0 Å². The van der Waals surface area contributed by atoms with Crippen LogP contribution in [0.4, 0.5) is 5.95 Å². The molecule has 1 aromatic rings. The summed E-state index contributed by atoms with van der Waals surface area (Å²) >= 11 is 0. The largest absolute Gasteiger partial charge is 0.481 e. The zero-order valence-corrected chi connectivity index (χ0v) is 11.6. The summed E-state index contributed by atoms with van der Waals surface area (Å²) in [5.74, 6) is -0.0433. The third-order valence-corrected chi connectivity index (χ3v) is 3.81. The van der Waals surface area contributed by atoms with Crippen LogP contribution in [0.1, 0.15) is 38.2 Å². The average molecular weight is 263 g/mol. The van der Waals surface area contributed by atoms with E-state index in [0.29, 0.717) is 18.9 Å². The molecule has 5 nitrogen and oxygen atoms in total. The second kappa shape index (κ2) is 5.55. The molecule has 2 heterocycles. The number of carboxylic acids is 1. The third-order valence-electron chi connectivity index (χ3n) is 3.81. The van der Waals surface area contributed by atoms with Crippen LogP contribution < -0.4 is 4.90 Å². The number of nitrogens with zero attached hydrogens (tertiary/aromatic N) is 3. The van der Waals surface area contributed by atoms with Gasteiger partial charge in [-0.15, -0.1) is 0 Å². The smallest absolute Gasteiger partial charge is 0.311 e. The predicted molar refractivity (Wildman–Crippen MR) is 73.2 cm³/mol. The fourth-order valence-corrected chi connectivity index (χ4v) is 2.82. The molecule has 0 aliphatic carbocycles. The lowest BCUT2D eigenvalue weighted by Gasteiger charge is -2.39. The Morgan fingerprint density at radius 2 is 2.16 bits per heavy atom. The number of anilines is 1. The van der Waals surface area contributed by atoms with Crippen LogP contribution in [-0.2, 0) is 4.79 Å². The molecule has 1 unspecified atom stereocenters. The zero-order chi connectivity index (χ0) is 13.9. The SMILES string of the molecule is CCCC1(C(=O)O)CCCN(c2ncc(C)cn2)C1. The van der Waals surface area contributed by atoms with Gasteiger partial charge in [-0.25, -0.2) is 9.97 Å². The number of aliphatic carboxylic acids is 1. The molecule has 0 radical (unpaired) electrons. The molecule has 1 saturated heterocycles. The molecule has 19 heavy (non-hydrogen) atoms. The van der Waals surface area contributed by atoms with E-state index in [1.165, 1.54) is 0 Å². The molecule has 5 heteroatoms. The second-order valence-electron chi connectivity index (χ2n) is 5.42. The molecule has 1 N–H and O–H groups in total. The maximum Gasteiger partial charge on any atom is 0.311 e. The third kappa shape index (κ3) is 2.85. The molecule has 1 aromatic heterocycles. The number of aromatic nitrogens is 2. The highest BCUT2D eigenvalue weighted by Crippen LogP contribution is 2.36. The van der Waals surface area contributed by atoms with Gasteiger partial charge in [-0.05, 0) is 31.7 Å². The van der Waals surface area contributed by atoms with E-state index in [0.717, 1.165) is 31.4 Å². The molecule has 0 amide bonds. The van der Waals surface area contributed by atoms with E-state index in [-0.39, 0.29) is 0 Å². The van der Waals surface area contributed by atoms with E-state index in [1.807, 2.05) is 18.7 Å². The standard InChI is InChI=1S/C14H21N3O2/c1-3-5-14(12(18)19)6-4-7-17(10-14)13-15-8-11(2)9-16-13/h8-9H,3-7,10H2,1-2H3,(H,18,19). The van der Waals surface area contributed by atoms with Crippen molar-refractivity contribution in [3.8, 4) is 0 Å². The molecule has 1 fully saturated rings. The number of hydrogen-bond acceptors (Lipinski definition) is 4. The first kappa shape index (κ1) is 13.8. The van der Waals surface area contributed by atoms with Crippen LogP contribution in [0.2, 0.25) is 0 Å². The van der Waals surface area contributed by atoms with Crippen molar-refractivity contribution in [2.24, 2.45) is 5.41 Å². The molecular formula is C14H21N3O2. The van der Waals surface area contributed by atoms with Gasteiger partial charge in [0.15, 0.2) is 0 Å². The molecule has 0 spiro atoms. The van der Waals surface area contributed by atoms with E-state index < -0.39 is 11.4 Å². The summed E-state index contributed by atoms with van der Waals surface area (Å²) in [6.07, 6.45) is 6.78. The van der Waals surface area contributed by atoms with E-state index in [9.17, 15) is 9.90 Å². The number of carbonyl (C=O) groups is 1. The summed E-state index contributed by atoms with van der Waals surface area (Å²) in [6.45, 7) is 5.33. The maximum absolute atomic E-state index is 11.6. The van der Waals surface area contributed by atoms with Gasteiger partial charge >= 0.3 is 5.97 Å². The predicted octanol–water partition coefficient (Wildman–Crippen LogP) is 2.26. The second-order valence-corrected chi connectivity index (χ2v) is 5.42. The van der Waals surface area contributed by atoms with Crippen molar-refractivity contribution < 1.29 is 9.90 Å². The van der Waals surface area contributed by atoms with Gasteiger partial charge < -0.3 is 10.0 Å². The Morgan fingerprint density at radius 3 is 2.74 bits per heavy atom. The van der Waals surface area contributed by atoms with E-state index in [2.05, 4.69) is 9.97 Å². The van der Waals surface area contributed by atoms with Gasteiger partial charge in [0.2, 0.25) is 5.95 Å². The van der Waals surface area contributed by atoms with Crippen molar-refractivity contribution in [3.05, 3.63) is 18.0 Å². The van der Waals surface area contributed by atoms with Crippen LogP contribution in [0.5, 0.6) is 0 Å². The van der Waals surface area contributed by atoms with Gasteiger partial charge in [-0.3, -0.25) is 4.79 Å². The van der Waals surface area contributed by atoms with E-state index >= 15 is 0 Å². The lowest BCUT2D eigenvalue weighted by atomic mass is 9.76. The fourth-order valence-electron chi connectivity index (χ4n) is 2.82. The molecule has 0 aromatic carbocycles. The lowest BCUT2D eigenvalue weighted by molar-refractivity contribution is -0.150. The van der Waals surface area contributed by atoms with Crippen molar-refractivity contribution in [1.29, 1.82) is 0 Å². The van der Waals surface area contributed by atoms with E-state index in [1.54, 1.807) is 12.4 Å². The number of piperidine rings is 1. The van der Waals surface area contributed by atoms with Crippen LogP contribution in [0.25, 0.3) is 0 Å². The minimum Gasteiger partial charge on any atom is -0.481 e. The van der Waals surface area contributed by atoms with Crippen LogP contribution >= 0.6 is 0 Å². The molecular weight excluding hydrogens is 242 g/mol. The van der Waals surface area contributed by atoms with Gasteiger partial charge in [0.25, 0.3) is 0 Å². The number of aryl methyl sites for hydroxylation is 1. The highest BCUT2D eigenvalue weighted by Gasteiger charge is 2.42. The summed E-state index contributed by atoms with van der Waals surface area (Å²) in [6, 6.07) is 0. The Morgan fingerprint density at radius 1 is 1.47 bits per heavy atom. The fraction of sp³-hybridized carbons (Fsp3) is 0.643. The minimum absolute atomic E-state index is 0.513. The molecule has 1 atom stereocenters. The molecule has 0 saturated carbocycles. The van der Waals surface area contributed by atoms with Crippen molar-refractivity contribution >= 4 is 11.9 Å². The highest BCUT2D eigenvalue weighted by molar-refractivity contribution is 5.75.